The molecule has 1 unspecified atom stereocenters. The van der Waals surface area contributed by atoms with Crippen LogP contribution < -0.4 is 5.32 Å². The molecule has 5 heteroatoms. The Balaban J connectivity index is 2.09. The van der Waals surface area contributed by atoms with Crippen molar-refractivity contribution < 1.29 is 0 Å². The molecule has 108 valence electrons. The summed E-state index contributed by atoms with van der Waals surface area (Å²) in [6.45, 7) is 7.55. The fraction of sp³-hybridized carbons (Fsp3) is 0.467. The van der Waals surface area contributed by atoms with Crippen molar-refractivity contribution in [2.75, 3.05) is 12.3 Å². The van der Waals surface area contributed by atoms with Crippen LogP contribution in [0.5, 0.6) is 0 Å². The van der Waals surface area contributed by atoms with Gasteiger partial charge in [0.05, 0.1) is 0 Å². The molecule has 0 fully saturated rings. The molecule has 1 N–H and O–H groups in total. The second kappa shape index (κ2) is 7.76. The zero-order chi connectivity index (χ0) is 14.4. The van der Waals surface area contributed by atoms with Crippen molar-refractivity contribution in [2.45, 2.75) is 37.6 Å². The minimum atomic E-state index is 0.363. The normalized spacial score (nSPS) is 12.6. The third kappa shape index (κ3) is 4.58. The van der Waals surface area contributed by atoms with Gasteiger partial charge in [0.25, 0.3) is 0 Å². The van der Waals surface area contributed by atoms with E-state index < -0.39 is 0 Å². The highest BCUT2D eigenvalue weighted by Crippen LogP contribution is 2.26. The Kier molecular flexibility index (Phi) is 6.01. The Bertz CT molecular complexity index is 506. The van der Waals surface area contributed by atoms with Crippen molar-refractivity contribution in [1.29, 1.82) is 0 Å². The van der Waals surface area contributed by atoms with Gasteiger partial charge in [0, 0.05) is 11.8 Å². The van der Waals surface area contributed by atoms with Crippen LogP contribution in [0.4, 0.5) is 0 Å². The van der Waals surface area contributed by atoms with Crippen molar-refractivity contribution >= 4 is 23.3 Å². The van der Waals surface area contributed by atoms with Crippen LogP contribution in [0.2, 0.25) is 0 Å². The molecule has 0 bridgehead atoms. The Morgan fingerprint density at radius 3 is 2.60 bits per heavy atom. The van der Waals surface area contributed by atoms with Crippen LogP contribution in [-0.4, -0.2) is 21.7 Å². The molecule has 2 rings (SSSR count). The van der Waals surface area contributed by atoms with Crippen LogP contribution in [0.15, 0.2) is 28.9 Å². The molecule has 1 atom stereocenters. The van der Waals surface area contributed by atoms with Gasteiger partial charge in [0.2, 0.25) is 0 Å². The predicted molar refractivity (Wildman–Crippen MR) is 87.6 cm³/mol. The van der Waals surface area contributed by atoms with Crippen LogP contribution in [0, 0.1) is 13.8 Å². The first-order chi connectivity index (χ1) is 9.69. The van der Waals surface area contributed by atoms with Gasteiger partial charge >= 0.3 is 0 Å². The number of hydrogen-bond donors (Lipinski definition) is 1. The third-order valence-electron chi connectivity index (χ3n) is 3.00. The molecule has 0 aliphatic carbocycles. The molecule has 0 aliphatic heterocycles. The highest BCUT2D eigenvalue weighted by atomic mass is 32.2. The molecule has 20 heavy (non-hydrogen) atoms. The van der Waals surface area contributed by atoms with Gasteiger partial charge in [0.1, 0.15) is 6.33 Å². The number of aromatic nitrogens is 2. The molecule has 3 nitrogen and oxygen atoms in total. The summed E-state index contributed by atoms with van der Waals surface area (Å²) in [4.78, 5) is 4.24. The van der Waals surface area contributed by atoms with E-state index in [9.17, 15) is 0 Å². The first kappa shape index (κ1) is 15.5. The van der Waals surface area contributed by atoms with Crippen LogP contribution in [-0.2, 0) is 0 Å². The van der Waals surface area contributed by atoms with Crippen molar-refractivity contribution in [2.24, 2.45) is 0 Å². The van der Waals surface area contributed by atoms with E-state index in [4.69, 9.17) is 0 Å². The highest BCUT2D eigenvalue weighted by Gasteiger charge is 2.13. The lowest BCUT2D eigenvalue weighted by Crippen LogP contribution is -2.24. The number of nitrogens with one attached hydrogen (secondary N) is 1. The molecule has 0 saturated heterocycles. The number of benzene rings is 1. The molecule has 0 spiro atoms. The van der Waals surface area contributed by atoms with Crippen molar-refractivity contribution in [3.63, 3.8) is 0 Å². The van der Waals surface area contributed by atoms with Gasteiger partial charge in [-0.2, -0.15) is 4.37 Å². The molecular formula is C15H21N3S2. The van der Waals surface area contributed by atoms with Gasteiger partial charge in [-0.3, -0.25) is 0 Å². The number of hydrogen-bond acceptors (Lipinski definition) is 5. The van der Waals surface area contributed by atoms with E-state index in [0.717, 1.165) is 23.1 Å². The van der Waals surface area contributed by atoms with Crippen LogP contribution in [0.3, 0.4) is 0 Å². The Morgan fingerprint density at radius 1 is 1.25 bits per heavy atom. The van der Waals surface area contributed by atoms with E-state index in [2.05, 4.69) is 53.6 Å². The highest BCUT2D eigenvalue weighted by molar-refractivity contribution is 8.00. The van der Waals surface area contributed by atoms with Gasteiger partial charge in [-0.1, -0.05) is 48.0 Å². The van der Waals surface area contributed by atoms with Crippen LogP contribution in [0.25, 0.3) is 0 Å². The summed E-state index contributed by atoms with van der Waals surface area (Å²) in [5.74, 6) is 0.984. The molecule has 1 aromatic heterocycles. The summed E-state index contributed by atoms with van der Waals surface area (Å²) < 4.78 is 5.09. The maximum atomic E-state index is 4.24. The second-order valence-electron chi connectivity index (χ2n) is 4.95. The topological polar surface area (TPSA) is 37.8 Å². The van der Waals surface area contributed by atoms with Crippen LogP contribution in [0.1, 0.15) is 36.1 Å². The molecular weight excluding hydrogens is 286 g/mol. The van der Waals surface area contributed by atoms with Gasteiger partial charge in [-0.25, -0.2) is 4.98 Å². The molecule has 0 aliphatic rings. The van der Waals surface area contributed by atoms with Crippen molar-refractivity contribution in [3.8, 4) is 0 Å². The van der Waals surface area contributed by atoms with Gasteiger partial charge in [0.15, 0.2) is 4.34 Å². The quantitative estimate of drug-likeness (QED) is 0.785. The monoisotopic (exact) mass is 307 g/mol. The van der Waals surface area contributed by atoms with E-state index in [1.807, 2.05) is 0 Å². The first-order valence-corrected chi connectivity index (χ1v) is 8.66. The summed E-state index contributed by atoms with van der Waals surface area (Å²) in [6.07, 6.45) is 2.77. The summed E-state index contributed by atoms with van der Waals surface area (Å²) in [5.41, 5.74) is 4.02. The van der Waals surface area contributed by atoms with Crippen LogP contribution >= 0.6 is 23.3 Å². The second-order valence-corrected chi connectivity index (χ2v) is 6.99. The third-order valence-corrected chi connectivity index (χ3v) is 4.89. The first-order valence-electron chi connectivity index (χ1n) is 6.90. The zero-order valence-electron chi connectivity index (χ0n) is 12.2. The molecule has 2 aromatic rings. The van der Waals surface area contributed by atoms with E-state index in [1.54, 1.807) is 18.1 Å². The average molecular weight is 307 g/mol. The van der Waals surface area contributed by atoms with E-state index >= 15 is 0 Å². The Morgan fingerprint density at radius 2 is 2.00 bits per heavy atom. The summed E-state index contributed by atoms with van der Waals surface area (Å²) in [6, 6.07) is 7.14. The number of thioether (sulfide) groups is 1. The average Bonchev–Trinajstić information content (AvgIpc) is 2.91. The molecule has 0 saturated carbocycles. The SMILES string of the molecule is CCCNC(CSc1ncns1)c1cc(C)cc(C)c1. The lowest BCUT2D eigenvalue weighted by Gasteiger charge is -2.19. The lowest BCUT2D eigenvalue weighted by molar-refractivity contribution is 0.577. The fourth-order valence-corrected chi connectivity index (χ4v) is 3.75. The smallest absolute Gasteiger partial charge is 0.169 e. The lowest BCUT2D eigenvalue weighted by atomic mass is 10.0. The minimum Gasteiger partial charge on any atom is -0.309 e. The predicted octanol–water partition coefficient (Wildman–Crippen LogP) is 3.99. The number of rotatable bonds is 7. The maximum Gasteiger partial charge on any atom is 0.169 e. The Hall–Kier alpha value is -0.910. The maximum absolute atomic E-state index is 4.24. The summed E-state index contributed by atoms with van der Waals surface area (Å²) in [7, 11) is 0. The van der Waals surface area contributed by atoms with Gasteiger partial charge in [-0.05, 0) is 43.9 Å². The Labute approximate surface area is 129 Å². The number of aryl methyl sites for hydroxylation is 2. The summed E-state index contributed by atoms with van der Waals surface area (Å²) in [5, 5.41) is 3.64. The van der Waals surface area contributed by atoms with E-state index in [1.165, 1.54) is 28.2 Å². The zero-order valence-corrected chi connectivity index (χ0v) is 13.9. The van der Waals surface area contributed by atoms with E-state index in [-0.39, 0.29) is 0 Å². The summed E-state index contributed by atoms with van der Waals surface area (Å²) >= 11 is 3.24. The standard InChI is InChI=1S/C15H21N3S2/c1-4-5-16-14(9-19-15-17-10-18-20-15)13-7-11(2)6-12(3)8-13/h6-8,10,14,16H,4-5,9H2,1-3H3. The van der Waals surface area contributed by atoms with E-state index in [0.29, 0.717) is 6.04 Å². The minimum absolute atomic E-state index is 0.363. The van der Waals surface area contributed by atoms with Crippen molar-refractivity contribution in [1.82, 2.24) is 14.7 Å². The van der Waals surface area contributed by atoms with Gasteiger partial charge in [-0.15, -0.1) is 0 Å². The number of nitrogens with zero attached hydrogens (tertiary/aromatic N) is 2. The fourth-order valence-electron chi connectivity index (χ4n) is 2.18. The molecule has 1 aromatic carbocycles. The van der Waals surface area contributed by atoms with Crippen molar-refractivity contribution in [3.05, 3.63) is 41.2 Å². The molecule has 1 heterocycles. The largest absolute Gasteiger partial charge is 0.309 e. The molecule has 0 amide bonds. The van der Waals surface area contributed by atoms with Gasteiger partial charge < -0.3 is 5.32 Å². The molecule has 0 radical (unpaired) electrons.